The Bertz CT molecular complexity index is 485. The zero-order valence-electron chi connectivity index (χ0n) is 10.3. The van der Waals surface area contributed by atoms with Crippen molar-refractivity contribution in [3.05, 3.63) is 41.2 Å². The summed E-state index contributed by atoms with van der Waals surface area (Å²) in [6, 6.07) is 8.37. The number of benzene rings is 1. The molecule has 1 aromatic heterocycles. The summed E-state index contributed by atoms with van der Waals surface area (Å²) in [6.45, 7) is 4.87. The SMILES string of the molecule is CCCc1nc(N)n(Cc2ccc(C)cc2)n1. The molecular weight excluding hydrogens is 212 g/mol. The van der Waals surface area contributed by atoms with Crippen LogP contribution in [0.25, 0.3) is 0 Å². The van der Waals surface area contributed by atoms with Crippen molar-refractivity contribution < 1.29 is 0 Å². The largest absolute Gasteiger partial charge is 0.368 e. The Balaban J connectivity index is 2.15. The maximum Gasteiger partial charge on any atom is 0.219 e. The third kappa shape index (κ3) is 2.84. The predicted molar refractivity (Wildman–Crippen MR) is 68.7 cm³/mol. The first-order chi connectivity index (χ1) is 8.19. The van der Waals surface area contributed by atoms with Crippen LogP contribution < -0.4 is 5.73 Å². The summed E-state index contributed by atoms with van der Waals surface area (Å²) in [5.41, 5.74) is 8.29. The van der Waals surface area contributed by atoms with Crippen LogP contribution in [0.4, 0.5) is 5.95 Å². The van der Waals surface area contributed by atoms with Crippen molar-refractivity contribution >= 4 is 5.95 Å². The number of nitrogens with zero attached hydrogens (tertiary/aromatic N) is 3. The normalized spacial score (nSPS) is 10.7. The van der Waals surface area contributed by atoms with Gasteiger partial charge in [-0.3, -0.25) is 0 Å². The molecule has 0 bridgehead atoms. The molecule has 1 aromatic carbocycles. The summed E-state index contributed by atoms with van der Waals surface area (Å²) in [6.07, 6.45) is 1.92. The fraction of sp³-hybridized carbons (Fsp3) is 0.385. The molecule has 2 rings (SSSR count). The minimum atomic E-state index is 0.494. The van der Waals surface area contributed by atoms with Gasteiger partial charge in [0, 0.05) is 6.42 Å². The average molecular weight is 230 g/mol. The standard InChI is InChI=1S/C13H18N4/c1-3-4-12-15-13(14)17(16-12)9-11-7-5-10(2)6-8-11/h5-8H,3-4,9H2,1-2H3,(H2,14,15,16). The van der Waals surface area contributed by atoms with Crippen LogP contribution >= 0.6 is 0 Å². The minimum absolute atomic E-state index is 0.494. The van der Waals surface area contributed by atoms with Gasteiger partial charge in [0.05, 0.1) is 6.54 Å². The van der Waals surface area contributed by atoms with Crippen LogP contribution in [-0.4, -0.2) is 14.8 Å². The van der Waals surface area contributed by atoms with Crippen LogP contribution in [-0.2, 0) is 13.0 Å². The number of rotatable bonds is 4. The Morgan fingerprint density at radius 3 is 2.59 bits per heavy atom. The van der Waals surface area contributed by atoms with Crippen molar-refractivity contribution in [1.29, 1.82) is 0 Å². The van der Waals surface area contributed by atoms with Crippen LogP contribution in [0.3, 0.4) is 0 Å². The van der Waals surface area contributed by atoms with Crippen molar-refractivity contribution in [3.8, 4) is 0 Å². The van der Waals surface area contributed by atoms with Gasteiger partial charge in [-0.2, -0.15) is 10.1 Å². The number of nitrogen functional groups attached to an aromatic ring is 1. The highest BCUT2D eigenvalue weighted by Crippen LogP contribution is 2.09. The molecule has 1 heterocycles. The van der Waals surface area contributed by atoms with Crippen molar-refractivity contribution in [2.24, 2.45) is 0 Å². The van der Waals surface area contributed by atoms with Gasteiger partial charge in [-0.25, -0.2) is 4.68 Å². The first kappa shape index (κ1) is 11.6. The van der Waals surface area contributed by atoms with Gasteiger partial charge in [0.1, 0.15) is 0 Å². The molecule has 0 atom stereocenters. The lowest BCUT2D eigenvalue weighted by molar-refractivity contribution is 0.676. The molecule has 0 fully saturated rings. The van der Waals surface area contributed by atoms with E-state index < -0.39 is 0 Å². The summed E-state index contributed by atoms with van der Waals surface area (Å²) in [7, 11) is 0. The number of nitrogens with two attached hydrogens (primary N) is 1. The van der Waals surface area contributed by atoms with E-state index in [1.807, 2.05) is 0 Å². The maximum absolute atomic E-state index is 5.84. The molecule has 4 heteroatoms. The molecular formula is C13H18N4. The number of aromatic nitrogens is 3. The summed E-state index contributed by atoms with van der Waals surface area (Å²) in [4.78, 5) is 4.24. The van der Waals surface area contributed by atoms with E-state index in [9.17, 15) is 0 Å². The van der Waals surface area contributed by atoms with Gasteiger partial charge in [-0.05, 0) is 18.9 Å². The van der Waals surface area contributed by atoms with E-state index in [2.05, 4.69) is 48.2 Å². The van der Waals surface area contributed by atoms with Crippen LogP contribution in [0.5, 0.6) is 0 Å². The molecule has 0 aliphatic heterocycles. The summed E-state index contributed by atoms with van der Waals surface area (Å²) in [5.74, 6) is 1.33. The molecule has 0 saturated carbocycles. The van der Waals surface area contributed by atoms with Crippen LogP contribution in [0.15, 0.2) is 24.3 Å². The number of anilines is 1. The molecule has 4 nitrogen and oxygen atoms in total. The van der Waals surface area contributed by atoms with Crippen molar-refractivity contribution in [3.63, 3.8) is 0 Å². The molecule has 0 saturated heterocycles. The highest BCUT2D eigenvalue weighted by molar-refractivity contribution is 5.24. The zero-order valence-corrected chi connectivity index (χ0v) is 10.3. The lowest BCUT2D eigenvalue weighted by Gasteiger charge is -2.03. The maximum atomic E-state index is 5.84. The van der Waals surface area contributed by atoms with E-state index >= 15 is 0 Å². The average Bonchev–Trinajstić information content (AvgIpc) is 2.63. The lowest BCUT2D eigenvalue weighted by atomic mass is 10.1. The Labute approximate surface area is 101 Å². The minimum Gasteiger partial charge on any atom is -0.368 e. The highest BCUT2D eigenvalue weighted by Gasteiger charge is 2.06. The second kappa shape index (κ2) is 4.99. The van der Waals surface area contributed by atoms with Gasteiger partial charge in [0.15, 0.2) is 5.82 Å². The fourth-order valence-electron chi connectivity index (χ4n) is 1.72. The molecule has 0 amide bonds. The van der Waals surface area contributed by atoms with Gasteiger partial charge < -0.3 is 5.73 Å². The molecule has 0 aliphatic rings. The molecule has 0 aliphatic carbocycles. The van der Waals surface area contributed by atoms with Crippen molar-refractivity contribution in [2.75, 3.05) is 5.73 Å². The smallest absolute Gasteiger partial charge is 0.219 e. The first-order valence-corrected chi connectivity index (χ1v) is 5.93. The Morgan fingerprint density at radius 1 is 1.24 bits per heavy atom. The molecule has 0 radical (unpaired) electrons. The summed E-state index contributed by atoms with van der Waals surface area (Å²) in [5, 5.41) is 4.40. The van der Waals surface area contributed by atoms with Crippen LogP contribution in [0, 0.1) is 6.92 Å². The molecule has 2 aromatic rings. The van der Waals surface area contributed by atoms with E-state index in [-0.39, 0.29) is 0 Å². The lowest BCUT2D eigenvalue weighted by Crippen LogP contribution is -2.06. The number of hydrogen-bond acceptors (Lipinski definition) is 3. The molecule has 0 unspecified atom stereocenters. The van der Waals surface area contributed by atoms with E-state index in [0.29, 0.717) is 12.5 Å². The van der Waals surface area contributed by atoms with E-state index in [0.717, 1.165) is 18.7 Å². The third-order valence-corrected chi connectivity index (χ3v) is 2.67. The van der Waals surface area contributed by atoms with Crippen LogP contribution in [0.2, 0.25) is 0 Å². The van der Waals surface area contributed by atoms with E-state index in [1.165, 1.54) is 11.1 Å². The topological polar surface area (TPSA) is 56.7 Å². The highest BCUT2D eigenvalue weighted by atomic mass is 15.4. The third-order valence-electron chi connectivity index (χ3n) is 2.67. The second-order valence-electron chi connectivity index (χ2n) is 4.28. The molecule has 0 spiro atoms. The molecule has 90 valence electrons. The van der Waals surface area contributed by atoms with Gasteiger partial charge in [0.2, 0.25) is 5.95 Å². The van der Waals surface area contributed by atoms with Crippen molar-refractivity contribution in [1.82, 2.24) is 14.8 Å². The zero-order chi connectivity index (χ0) is 12.3. The Morgan fingerprint density at radius 2 is 1.94 bits per heavy atom. The second-order valence-corrected chi connectivity index (χ2v) is 4.28. The van der Waals surface area contributed by atoms with Gasteiger partial charge in [-0.15, -0.1) is 0 Å². The first-order valence-electron chi connectivity index (χ1n) is 5.93. The number of aryl methyl sites for hydroxylation is 2. The van der Waals surface area contributed by atoms with E-state index in [4.69, 9.17) is 5.73 Å². The van der Waals surface area contributed by atoms with Gasteiger partial charge in [0.25, 0.3) is 0 Å². The monoisotopic (exact) mass is 230 g/mol. The van der Waals surface area contributed by atoms with Gasteiger partial charge in [-0.1, -0.05) is 36.8 Å². The fourth-order valence-corrected chi connectivity index (χ4v) is 1.72. The van der Waals surface area contributed by atoms with Crippen LogP contribution in [0.1, 0.15) is 30.3 Å². The Kier molecular flexibility index (Phi) is 3.42. The predicted octanol–water partition coefficient (Wildman–Crippen LogP) is 2.17. The van der Waals surface area contributed by atoms with Gasteiger partial charge >= 0.3 is 0 Å². The number of hydrogen-bond donors (Lipinski definition) is 1. The molecule has 17 heavy (non-hydrogen) atoms. The quantitative estimate of drug-likeness (QED) is 0.875. The van der Waals surface area contributed by atoms with E-state index in [1.54, 1.807) is 4.68 Å². The van der Waals surface area contributed by atoms with Crippen molar-refractivity contribution in [2.45, 2.75) is 33.2 Å². The summed E-state index contributed by atoms with van der Waals surface area (Å²) >= 11 is 0. The summed E-state index contributed by atoms with van der Waals surface area (Å²) < 4.78 is 1.76. The Hall–Kier alpha value is -1.84. The molecule has 2 N–H and O–H groups in total.